The lowest BCUT2D eigenvalue weighted by atomic mass is 9.97. The number of aryl methyl sites for hydroxylation is 3. The van der Waals surface area contributed by atoms with Crippen LogP contribution >= 0.6 is 11.8 Å². The zero-order chi connectivity index (χ0) is 36.2. The van der Waals surface area contributed by atoms with E-state index in [2.05, 4.69) is 111 Å². The molecule has 1 N–H and O–H groups in total. The molecule has 0 radical (unpaired) electrons. The molecule has 1 aliphatic heterocycles. The number of aromatic nitrogens is 1. The number of hydrogen-bond acceptors (Lipinski definition) is 3. The van der Waals surface area contributed by atoms with E-state index in [1.165, 1.54) is 177 Å². The predicted octanol–water partition coefficient (Wildman–Crippen LogP) is 16.0. The largest absolute Gasteiger partial charge is 0.354 e. The first-order valence-electron chi connectivity index (χ1n) is 21.2. The van der Waals surface area contributed by atoms with Gasteiger partial charge in [0.05, 0.1) is 22.4 Å². The Kier molecular flexibility index (Phi) is 17.4. The summed E-state index contributed by atoms with van der Waals surface area (Å²) in [5.41, 5.74) is 9.25. The maximum absolute atomic E-state index is 4.81. The number of nitrogens with one attached hydrogen (secondary N) is 1. The predicted molar refractivity (Wildman–Crippen MR) is 231 cm³/mol. The molecule has 0 amide bonds. The Balaban J connectivity index is 0.000000210. The quantitative estimate of drug-likeness (QED) is 0.0593. The first-order chi connectivity index (χ1) is 25.7. The summed E-state index contributed by atoms with van der Waals surface area (Å²) in [7, 11) is 0. The Labute approximate surface area is 321 Å². The second-order valence-electron chi connectivity index (χ2n) is 15.1. The molecule has 1 aromatic heterocycles. The minimum atomic E-state index is 1.13. The molecule has 2 heterocycles. The fraction of sp³-hybridized carbons (Fsp3) is 0.490. The van der Waals surface area contributed by atoms with Crippen molar-refractivity contribution in [3.8, 4) is 0 Å². The van der Waals surface area contributed by atoms with Crippen molar-refractivity contribution in [2.45, 2.75) is 165 Å². The minimum absolute atomic E-state index is 1.13. The third-order valence-electron chi connectivity index (χ3n) is 10.7. The van der Waals surface area contributed by atoms with Crippen molar-refractivity contribution in [1.82, 2.24) is 4.98 Å². The number of pyridine rings is 1. The Hall–Kier alpha value is -3.30. The second-order valence-corrected chi connectivity index (χ2v) is 16.1. The number of nitrogens with zero attached hydrogens (tertiary/aromatic N) is 1. The standard InChI is InChI=1S/C28H41NS.C21H25N/c1-3-5-7-9-11-13-15-23-17-19-25-27(21-23)30-28-22-24(18-20-26(28)29-25)16-14-12-10-8-6-4-2;1-2-3-4-5-6-7-12-17-18-13-8-10-15-20(18)22-21-16-11-9-14-19(17)21/h17-22,29H,3-16H2,1-2H3;8-11,13-16H,2-7,12H2,1H3. The maximum atomic E-state index is 4.81. The van der Waals surface area contributed by atoms with E-state index in [0.717, 1.165) is 17.5 Å². The van der Waals surface area contributed by atoms with Crippen LogP contribution in [0.4, 0.5) is 11.4 Å². The molecule has 0 atom stereocenters. The van der Waals surface area contributed by atoms with Crippen molar-refractivity contribution in [3.05, 3.63) is 102 Å². The highest BCUT2D eigenvalue weighted by Gasteiger charge is 2.16. The van der Waals surface area contributed by atoms with E-state index >= 15 is 0 Å². The zero-order valence-corrected chi connectivity index (χ0v) is 33.6. The summed E-state index contributed by atoms with van der Waals surface area (Å²) in [5, 5.41) is 6.31. The summed E-state index contributed by atoms with van der Waals surface area (Å²) in [6, 6.07) is 31.2. The second kappa shape index (κ2) is 22.7. The van der Waals surface area contributed by atoms with Crippen LogP contribution in [0.5, 0.6) is 0 Å². The van der Waals surface area contributed by atoms with Gasteiger partial charge in [-0.15, -0.1) is 0 Å². The SMILES string of the molecule is CCCCCCCCc1c2ccccc2nc2ccccc12.CCCCCCCCc1ccc2c(c1)Sc1cc(CCCCCCCC)ccc1N2. The van der Waals surface area contributed by atoms with Crippen molar-refractivity contribution in [2.24, 2.45) is 0 Å². The average molecular weight is 715 g/mol. The van der Waals surface area contributed by atoms with Crippen molar-refractivity contribution in [1.29, 1.82) is 0 Å². The number of benzene rings is 4. The lowest BCUT2D eigenvalue weighted by Crippen LogP contribution is -2.01. The smallest absolute Gasteiger partial charge is 0.0712 e. The monoisotopic (exact) mass is 714 g/mol. The van der Waals surface area contributed by atoms with Crippen LogP contribution in [-0.2, 0) is 19.3 Å². The number of fused-ring (bicyclic) bond motifs is 4. The van der Waals surface area contributed by atoms with Gasteiger partial charge in [-0.2, -0.15) is 0 Å². The van der Waals surface area contributed by atoms with E-state index in [0.29, 0.717) is 0 Å². The van der Waals surface area contributed by atoms with Gasteiger partial charge in [-0.3, -0.25) is 0 Å². The van der Waals surface area contributed by atoms with Crippen LogP contribution in [0.15, 0.2) is 94.7 Å². The molecule has 3 heteroatoms. The van der Waals surface area contributed by atoms with Gasteiger partial charge in [0, 0.05) is 20.6 Å². The number of rotatable bonds is 21. The molecule has 0 unspecified atom stereocenters. The van der Waals surface area contributed by atoms with Gasteiger partial charge in [-0.1, -0.05) is 177 Å². The van der Waals surface area contributed by atoms with Gasteiger partial charge in [0.25, 0.3) is 0 Å². The van der Waals surface area contributed by atoms with Gasteiger partial charge < -0.3 is 5.32 Å². The summed E-state index contributed by atoms with van der Waals surface area (Å²) in [5.74, 6) is 0. The average Bonchev–Trinajstić information content (AvgIpc) is 3.18. The molecule has 5 aromatic rings. The van der Waals surface area contributed by atoms with E-state index in [-0.39, 0.29) is 0 Å². The molecule has 0 saturated heterocycles. The van der Waals surface area contributed by atoms with Gasteiger partial charge in [-0.25, -0.2) is 4.98 Å². The molecular weight excluding hydrogens is 649 g/mol. The summed E-state index contributed by atoms with van der Waals surface area (Å²) < 4.78 is 0. The number of anilines is 2. The van der Waals surface area contributed by atoms with Crippen LogP contribution in [-0.4, -0.2) is 4.98 Å². The van der Waals surface area contributed by atoms with Crippen LogP contribution in [0.3, 0.4) is 0 Å². The molecule has 52 heavy (non-hydrogen) atoms. The number of hydrogen-bond donors (Lipinski definition) is 1. The van der Waals surface area contributed by atoms with E-state index in [1.54, 1.807) is 0 Å². The molecule has 0 bridgehead atoms. The summed E-state index contributed by atoms with van der Waals surface area (Å²) in [6.45, 7) is 6.85. The van der Waals surface area contributed by atoms with Crippen LogP contribution in [0.2, 0.25) is 0 Å². The van der Waals surface area contributed by atoms with Gasteiger partial charge >= 0.3 is 0 Å². The highest BCUT2D eigenvalue weighted by atomic mass is 32.2. The van der Waals surface area contributed by atoms with Crippen molar-refractivity contribution in [2.75, 3.05) is 5.32 Å². The fourth-order valence-electron chi connectivity index (χ4n) is 7.58. The highest BCUT2D eigenvalue weighted by molar-refractivity contribution is 7.99. The van der Waals surface area contributed by atoms with Gasteiger partial charge in [0.15, 0.2) is 0 Å². The first kappa shape index (κ1) is 39.9. The van der Waals surface area contributed by atoms with Crippen LogP contribution < -0.4 is 5.32 Å². The lowest BCUT2D eigenvalue weighted by Gasteiger charge is -2.22. The molecule has 0 fully saturated rings. The number of para-hydroxylation sites is 2. The van der Waals surface area contributed by atoms with Gasteiger partial charge in [0.2, 0.25) is 0 Å². The molecule has 2 nitrogen and oxygen atoms in total. The maximum Gasteiger partial charge on any atom is 0.0712 e. The van der Waals surface area contributed by atoms with Crippen LogP contribution in [0.25, 0.3) is 21.8 Å². The normalized spacial score (nSPS) is 11.9. The Morgan fingerprint density at radius 1 is 0.442 bits per heavy atom. The zero-order valence-electron chi connectivity index (χ0n) is 32.8. The first-order valence-corrected chi connectivity index (χ1v) is 22.0. The fourth-order valence-corrected chi connectivity index (χ4v) is 8.70. The third kappa shape index (κ3) is 12.4. The molecule has 278 valence electrons. The number of unbranched alkanes of at least 4 members (excludes halogenated alkanes) is 15. The molecule has 0 spiro atoms. The Morgan fingerprint density at radius 2 is 0.846 bits per heavy atom. The summed E-state index contributed by atoms with van der Waals surface area (Å²) >= 11 is 1.95. The van der Waals surface area contributed by atoms with Gasteiger partial charge in [-0.05, 0) is 91.6 Å². The molecule has 0 aliphatic carbocycles. The minimum Gasteiger partial charge on any atom is -0.354 e. The van der Waals surface area contributed by atoms with E-state index < -0.39 is 0 Å². The van der Waals surface area contributed by atoms with E-state index in [9.17, 15) is 0 Å². The van der Waals surface area contributed by atoms with E-state index in [1.807, 2.05) is 11.8 Å². The molecular formula is C49H66N2S. The summed E-state index contributed by atoms with van der Waals surface area (Å²) in [6.07, 6.45) is 28.1. The molecule has 6 rings (SSSR count). The van der Waals surface area contributed by atoms with Crippen LogP contribution in [0, 0.1) is 0 Å². The summed E-state index contributed by atoms with van der Waals surface area (Å²) in [4.78, 5) is 7.59. The van der Waals surface area contributed by atoms with E-state index in [4.69, 9.17) is 4.98 Å². The van der Waals surface area contributed by atoms with Crippen molar-refractivity contribution >= 4 is 44.9 Å². The Morgan fingerprint density at radius 3 is 1.31 bits per heavy atom. The molecule has 4 aromatic carbocycles. The van der Waals surface area contributed by atoms with Crippen molar-refractivity contribution < 1.29 is 0 Å². The van der Waals surface area contributed by atoms with Crippen LogP contribution in [0.1, 0.15) is 153 Å². The third-order valence-corrected chi connectivity index (χ3v) is 11.8. The molecule has 0 saturated carbocycles. The van der Waals surface area contributed by atoms with Gasteiger partial charge in [0.1, 0.15) is 0 Å². The van der Waals surface area contributed by atoms with Crippen molar-refractivity contribution in [3.63, 3.8) is 0 Å². The Bertz CT molecular complexity index is 1660. The highest BCUT2D eigenvalue weighted by Crippen LogP contribution is 2.45. The lowest BCUT2D eigenvalue weighted by molar-refractivity contribution is 0.607. The molecule has 1 aliphatic rings. The topological polar surface area (TPSA) is 24.9 Å².